The van der Waals surface area contributed by atoms with E-state index in [9.17, 15) is 0 Å². The number of rotatable bonds is 4. The average Bonchev–Trinajstić information content (AvgIpc) is 2.37. The average molecular weight is 249 g/mol. The topological polar surface area (TPSA) is 44.3 Å². The Morgan fingerprint density at radius 1 is 1.28 bits per heavy atom. The summed E-state index contributed by atoms with van der Waals surface area (Å²) in [6, 6.07) is 2.52. The maximum atomic E-state index is 4.22. The van der Waals surface area contributed by atoms with Gasteiger partial charge in [0.05, 0.1) is 0 Å². The molecule has 0 radical (unpaired) electrons. The minimum atomic E-state index is 0.536. The zero-order valence-electron chi connectivity index (χ0n) is 11.6. The van der Waals surface area contributed by atoms with Gasteiger partial charge in [0.1, 0.15) is 12.1 Å². The van der Waals surface area contributed by atoms with Crippen LogP contribution in [0.15, 0.2) is 12.4 Å². The van der Waals surface area contributed by atoms with E-state index in [0.717, 1.165) is 44.2 Å². The molecule has 1 aromatic rings. The summed E-state index contributed by atoms with van der Waals surface area (Å²) in [7, 11) is 2.18. The van der Waals surface area contributed by atoms with Crippen molar-refractivity contribution in [2.75, 3.05) is 45.1 Å². The fourth-order valence-corrected chi connectivity index (χ4v) is 2.20. The van der Waals surface area contributed by atoms with E-state index in [1.165, 1.54) is 0 Å². The SMILES string of the molecule is Cc1cc(NCC(C)N2CCN(C)CC2)ncn1. The molecule has 0 aliphatic carbocycles. The molecule has 1 fully saturated rings. The summed E-state index contributed by atoms with van der Waals surface area (Å²) in [4.78, 5) is 13.2. The van der Waals surface area contributed by atoms with E-state index in [0.29, 0.717) is 6.04 Å². The molecule has 100 valence electrons. The number of hydrogen-bond acceptors (Lipinski definition) is 5. The summed E-state index contributed by atoms with van der Waals surface area (Å²) in [6.07, 6.45) is 1.61. The van der Waals surface area contributed by atoms with Crippen molar-refractivity contribution in [1.29, 1.82) is 0 Å². The number of hydrogen-bond donors (Lipinski definition) is 1. The minimum Gasteiger partial charge on any atom is -0.368 e. The molecule has 0 bridgehead atoms. The first-order valence-electron chi connectivity index (χ1n) is 6.60. The van der Waals surface area contributed by atoms with Gasteiger partial charge in [0, 0.05) is 50.5 Å². The maximum absolute atomic E-state index is 4.22. The maximum Gasteiger partial charge on any atom is 0.129 e. The molecule has 18 heavy (non-hydrogen) atoms. The Hall–Kier alpha value is -1.20. The van der Waals surface area contributed by atoms with Gasteiger partial charge in [-0.1, -0.05) is 0 Å². The summed E-state index contributed by atoms with van der Waals surface area (Å²) in [5.41, 5.74) is 1.000. The van der Waals surface area contributed by atoms with Crippen molar-refractivity contribution < 1.29 is 0 Å². The van der Waals surface area contributed by atoms with Crippen molar-refractivity contribution in [3.63, 3.8) is 0 Å². The molecular weight excluding hydrogens is 226 g/mol. The number of piperazine rings is 1. The molecule has 0 spiro atoms. The Balaban J connectivity index is 1.79. The van der Waals surface area contributed by atoms with E-state index < -0.39 is 0 Å². The quantitative estimate of drug-likeness (QED) is 0.856. The highest BCUT2D eigenvalue weighted by Crippen LogP contribution is 2.07. The van der Waals surface area contributed by atoms with Gasteiger partial charge in [0.15, 0.2) is 0 Å². The van der Waals surface area contributed by atoms with Crippen LogP contribution in [0.5, 0.6) is 0 Å². The van der Waals surface area contributed by atoms with Crippen LogP contribution < -0.4 is 5.32 Å². The van der Waals surface area contributed by atoms with Gasteiger partial charge < -0.3 is 10.2 Å². The highest BCUT2D eigenvalue weighted by atomic mass is 15.3. The summed E-state index contributed by atoms with van der Waals surface area (Å²) in [5.74, 6) is 0.920. The van der Waals surface area contributed by atoms with E-state index in [4.69, 9.17) is 0 Å². The van der Waals surface area contributed by atoms with Crippen molar-refractivity contribution in [2.45, 2.75) is 19.9 Å². The van der Waals surface area contributed by atoms with Gasteiger partial charge in [0.25, 0.3) is 0 Å². The molecule has 1 aliphatic heterocycles. The molecule has 2 heterocycles. The lowest BCUT2D eigenvalue weighted by Crippen LogP contribution is -2.49. The largest absolute Gasteiger partial charge is 0.368 e. The number of aromatic nitrogens is 2. The van der Waals surface area contributed by atoms with Gasteiger partial charge in [-0.15, -0.1) is 0 Å². The van der Waals surface area contributed by atoms with Crippen LogP contribution in [-0.2, 0) is 0 Å². The van der Waals surface area contributed by atoms with Crippen LogP contribution in [0.25, 0.3) is 0 Å². The second kappa shape index (κ2) is 6.11. The molecule has 1 unspecified atom stereocenters. The Morgan fingerprint density at radius 2 is 2.00 bits per heavy atom. The first-order valence-corrected chi connectivity index (χ1v) is 6.60. The molecule has 1 aromatic heterocycles. The summed E-state index contributed by atoms with van der Waals surface area (Å²) >= 11 is 0. The minimum absolute atomic E-state index is 0.536. The molecule has 2 rings (SSSR count). The van der Waals surface area contributed by atoms with Crippen LogP contribution in [0, 0.1) is 6.92 Å². The van der Waals surface area contributed by atoms with Gasteiger partial charge in [-0.3, -0.25) is 4.90 Å². The highest BCUT2D eigenvalue weighted by Gasteiger charge is 2.18. The number of aryl methyl sites for hydroxylation is 1. The van der Waals surface area contributed by atoms with Crippen molar-refractivity contribution in [1.82, 2.24) is 19.8 Å². The molecule has 0 saturated carbocycles. The Bertz CT molecular complexity index is 373. The lowest BCUT2D eigenvalue weighted by atomic mass is 10.2. The molecule has 1 saturated heterocycles. The van der Waals surface area contributed by atoms with Crippen LogP contribution in [0.2, 0.25) is 0 Å². The molecule has 1 N–H and O–H groups in total. The van der Waals surface area contributed by atoms with Gasteiger partial charge >= 0.3 is 0 Å². The van der Waals surface area contributed by atoms with Gasteiger partial charge in [-0.05, 0) is 20.9 Å². The molecule has 5 heteroatoms. The number of likely N-dealkylation sites (N-methyl/N-ethyl adjacent to an activating group) is 1. The van der Waals surface area contributed by atoms with Crippen LogP contribution in [0.1, 0.15) is 12.6 Å². The zero-order valence-corrected chi connectivity index (χ0v) is 11.6. The normalized spacial score (nSPS) is 19.7. The highest BCUT2D eigenvalue weighted by molar-refractivity contribution is 5.34. The third-order valence-electron chi connectivity index (χ3n) is 3.54. The lowest BCUT2D eigenvalue weighted by Gasteiger charge is -2.36. The van der Waals surface area contributed by atoms with Crippen molar-refractivity contribution >= 4 is 5.82 Å². The van der Waals surface area contributed by atoms with Crippen molar-refractivity contribution in [2.24, 2.45) is 0 Å². The Kier molecular flexibility index (Phi) is 4.49. The van der Waals surface area contributed by atoms with Crippen LogP contribution in [-0.4, -0.2) is 65.6 Å². The van der Waals surface area contributed by atoms with E-state index in [2.05, 4.69) is 39.1 Å². The predicted molar refractivity (Wildman–Crippen MR) is 73.8 cm³/mol. The standard InChI is InChI=1S/C13H23N5/c1-11-8-13(16-10-15-11)14-9-12(2)18-6-4-17(3)5-7-18/h8,10,12H,4-7,9H2,1-3H3,(H,14,15,16). The predicted octanol–water partition coefficient (Wildman–Crippen LogP) is 0.833. The molecule has 1 atom stereocenters. The molecule has 0 amide bonds. The number of anilines is 1. The van der Waals surface area contributed by atoms with E-state index in [-0.39, 0.29) is 0 Å². The summed E-state index contributed by atoms with van der Waals surface area (Å²) in [6.45, 7) is 9.82. The fraction of sp³-hybridized carbons (Fsp3) is 0.692. The second-order valence-electron chi connectivity index (χ2n) is 5.11. The smallest absolute Gasteiger partial charge is 0.129 e. The molecule has 0 aromatic carbocycles. The zero-order chi connectivity index (χ0) is 13.0. The first kappa shape index (κ1) is 13.2. The monoisotopic (exact) mass is 249 g/mol. The van der Waals surface area contributed by atoms with Crippen molar-refractivity contribution in [3.05, 3.63) is 18.1 Å². The van der Waals surface area contributed by atoms with Crippen LogP contribution in [0.4, 0.5) is 5.82 Å². The molecule has 1 aliphatic rings. The summed E-state index contributed by atoms with van der Waals surface area (Å²) in [5, 5.41) is 3.39. The van der Waals surface area contributed by atoms with E-state index in [1.54, 1.807) is 6.33 Å². The van der Waals surface area contributed by atoms with Crippen LogP contribution in [0.3, 0.4) is 0 Å². The number of nitrogens with zero attached hydrogens (tertiary/aromatic N) is 4. The van der Waals surface area contributed by atoms with Crippen molar-refractivity contribution in [3.8, 4) is 0 Å². The first-order chi connectivity index (χ1) is 8.65. The lowest BCUT2D eigenvalue weighted by molar-refractivity contribution is 0.123. The summed E-state index contributed by atoms with van der Waals surface area (Å²) < 4.78 is 0. The second-order valence-corrected chi connectivity index (χ2v) is 5.11. The van der Waals surface area contributed by atoms with Gasteiger partial charge in [0.2, 0.25) is 0 Å². The van der Waals surface area contributed by atoms with Crippen LogP contribution >= 0.6 is 0 Å². The Labute approximate surface area is 109 Å². The van der Waals surface area contributed by atoms with E-state index in [1.807, 2.05) is 13.0 Å². The number of nitrogens with one attached hydrogen (secondary N) is 1. The third-order valence-corrected chi connectivity index (χ3v) is 3.54. The van der Waals surface area contributed by atoms with E-state index >= 15 is 0 Å². The molecule has 5 nitrogen and oxygen atoms in total. The third kappa shape index (κ3) is 3.65. The molecular formula is C13H23N5. The Morgan fingerprint density at radius 3 is 2.67 bits per heavy atom. The fourth-order valence-electron chi connectivity index (χ4n) is 2.20. The van der Waals surface area contributed by atoms with Gasteiger partial charge in [-0.25, -0.2) is 9.97 Å². The van der Waals surface area contributed by atoms with Gasteiger partial charge in [-0.2, -0.15) is 0 Å².